The lowest BCUT2D eigenvalue weighted by atomic mass is 9.68. The highest BCUT2D eigenvalue weighted by Gasteiger charge is 2.55. The minimum atomic E-state index is -3.72. The molecule has 0 aromatic carbocycles. The Balaban J connectivity index is 2.01. The quantitative estimate of drug-likeness (QED) is 0.790. The summed E-state index contributed by atoms with van der Waals surface area (Å²) >= 11 is 0. The van der Waals surface area contributed by atoms with Crippen LogP contribution in [0.4, 0.5) is 0 Å². The van der Waals surface area contributed by atoms with Gasteiger partial charge >= 0.3 is 0 Å². The molecule has 3 rings (SSSR count). The Morgan fingerprint density at radius 3 is 2.84 bits per heavy atom. The lowest BCUT2D eigenvalue weighted by Gasteiger charge is -2.52. The molecule has 2 saturated heterocycles. The number of nitrogens with zero attached hydrogens (tertiary/aromatic N) is 3. The van der Waals surface area contributed by atoms with Crippen molar-refractivity contribution in [3.63, 3.8) is 0 Å². The van der Waals surface area contributed by atoms with Crippen LogP contribution < -0.4 is 5.32 Å². The molecule has 0 bridgehead atoms. The Hall–Kier alpha value is -1.45. The van der Waals surface area contributed by atoms with E-state index in [1.54, 1.807) is 7.05 Å². The van der Waals surface area contributed by atoms with Gasteiger partial charge in [0.05, 0.1) is 17.7 Å². The summed E-state index contributed by atoms with van der Waals surface area (Å²) in [5, 5.41) is 2.88. The molecule has 25 heavy (non-hydrogen) atoms. The molecule has 0 radical (unpaired) electrons. The van der Waals surface area contributed by atoms with Crippen LogP contribution in [0.1, 0.15) is 32.0 Å². The van der Waals surface area contributed by atoms with Crippen molar-refractivity contribution in [3.05, 3.63) is 12.0 Å². The van der Waals surface area contributed by atoms with Gasteiger partial charge in [-0.15, -0.1) is 0 Å². The van der Waals surface area contributed by atoms with Gasteiger partial charge in [0, 0.05) is 26.6 Å². The van der Waals surface area contributed by atoms with E-state index in [4.69, 9.17) is 0 Å². The van der Waals surface area contributed by atoms with Gasteiger partial charge in [0.2, 0.25) is 5.91 Å². The van der Waals surface area contributed by atoms with Crippen molar-refractivity contribution in [2.45, 2.75) is 43.7 Å². The molecular weight excluding hydrogens is 342 g/mol. The average Bonchev–Trinajstić information content (AvgIpc) is 3.10. The van der Waals surface area contributed by atoms with Crippen LogP contribution >= 0.6 is 0 Å². The summed E-state index contributed by atoms with van der Waals surface area (Å²) in [6, 6.07) is -0.363. The Morgan fingerprint density at radius 1 is 1.44 bits per heavy atom. The number of sulfonamides is 1. The van der Waals surface area contributed by atoms with Crippen LogP contribution in [-0.4, -0.2) is 73.3 Å². The number of amides is 1. The maximum absolute atomic E-state index is 13.2. The fraction of sp³-hybridized carbons (Fsp3) is 0.750. The van der Waals surface area contributed by atoms with E-state index in [0.29, 0.717) is 38.2 Å². The second-order valence-corrected chi connectivity index (χ2v) is 8.89. The first-order valence-electron chi connectivity index (χ1n) is 8.81. The first-order chi connectivity index (χ1) is 11.8. The topological polar surface area (TPSA) is 98.4 Å². The van der Waals surface area contributed by atoms with Crippen molar-refractivity contribution >= 4 is 15.9 Å². The molecule has 0 saturated carbocycles. The number of H-pyrrole nitrogens is 1. The number of likely N-dealkylation sites (N-methyl/N-ethyl adjacent to an activating group) is 1. The number of carbonyl (C=O) groups excluding carboxylic acids is 1. The monoisotopic (exact) mass is 369 g/mol. The summed E-state index contributed by atoms with van der Waals surface area (Å²) in [6.45, 7) is 3.70. The smallest absolute Gasteiger partial charge is 0.260 e. The molecule has 2 N–H and O–H groups in total. The number of hydrogen-bond donors (Lipinski definition) is 2. The summed E-state index contributed by atoms with van der Waals surface area (Å²) in [5.41, 5.74) is -0.653. The number of nitrogens with one attached hydrogen (secondary N) is 2. The third-order valence-corrected chi connectivity index (χ3v) is 7.43. The fourth-order valence-corrected chi connectivity index (χ4v) is 5.84. The Kier molecular flexibility index (Phi) is 4.91. The van der Waals surface area contributed by atoms with Crippen LogP contribution in [0.2, 0.25) is 0 Å². The molecule has 140 valence electrons. The third-order valence-electron chi connectivity index (χ3n) is 5.62. The van der Waals surface area contributed by atoms with Gasteiger partial charge in [0.1, 0.15) is 5.82 Å². The number of imidazole rings is 1. The lowest BCUT2D eigenvalue weighted by molar-refractivity contribution is -0.140. The van der Waals surface area contributed by atoms with Crippen LogP contribution in [0.3, 0.4) is 0 Å². The van der Waals surface area contributed by atoms with Gasteiger partial charge in [-0.3, -0.25) is 4.79 Å². The second-order valence-electron chi connectivity index (χ2n) is 7.03. The van der Waals surface area contributed by atoms with E-state index >= 15 is 0 Å². The van der Waals surface area contributed by atoms with Crippen LogP contribution in [0.15, 0.2) is 11.2 Å². The number of rotatable bonds is 4. The maximum Gasteiger partial charge on any atom is 0.260 e. The van der Waals surface area contributed by atoms with Crippen molar-refractivity contribution in [1.29, 1.82) is 0 Å². The van der Waals surface area contributed by atoms with E-state index in [9.17, 15) is 13.2 Å². The van der Waals surface area contributed by atoms with Crippen molar-refractivity contribution in [3.8, 4) is 0 Å². The molecule has 0 aliphatic carbocycles. The van der Waals surface area contributed by atoms with E-state index < -0.39 is 15.4 Å². The highest BCUT2D eigenvalue weighted by molar-refractivity contribution is 7.89. The minimum absolute atomic E-state index is 0.0515. The molecule has 0 unspecified atom stereocenters. The SMILES string of the molecule is CCc1ncc(S(=O)(=O)N2CCC[C@@]3(C(=O)NC)CCN(C)C[C@H]23)[nH]1. The largest absolute Gasteiger partial charge is 0.359 e. The summed E-state index contributed by atoms with van der Waals surface area (Å²) in [7, 11) is -0.118. The molecule has 8 nitrogen and oxygen atoms in total. The van der Waals surface area contributed by atoms with Crippen molar-refractivity contribution < 1.29 is 13.2 Å². The maximum atomic E-state index is 13.2. The number of likely N-dealkylation sites (tertiary alicyclic amines) is 1. The molecule has 2 fully saturated rings. The van der Waals surface area contributed by atoms with Gasteiger partial charge in [-0.1, -0.05) is 6.92 Å². The number of aromatic amines is 1. The minimum Gasteiger partial charge on any atom is -0.359 e. The predicted molar refractivity (Wildman–Crippen MR) is 93.5 cm³/mol. The van der Waals surface area contributed by atoms with Crippen molar-refractivity contribution in [2.75, 3.05) is 33.7 Å². The average molecular weight is 369 g/mol. The standard InChI is InChI=1S/C16H27N5O3S/c1-4-13-18-10-14(19-13)25(23,24)21-8-5-6-16(15(22)17-2)7-9-20(3)11-12(16)21/h10,12H,4-9,11H2,1-3H3,(H,17,22)(H,18,19)/t12-,16+/m0/s1. The normalized spacial score (nSPS) is 28.5. The van der Waals surface area contributed by atoms with E-state index in [1.165, 1.54) is 10.5 Å². The number of piperidine rings is 2. The molecule has 2 atom stereocenters. The van der Waals surface area contributed by atoms with Crippen LogP contribution in [0.5, 0.6) is 0 Å². The van der Waals surface area contributed by atoms with E-state index in [-0.39, 0.29) is 17.0 Å². The Bertz CT molecular complexity index is 747. The fourth-order valence-electron chi connectivity index (χ4n) is 4.18. The summed E-state index contributed by atoms with van der Waals surface area (Å²) in [4.78, 5) is 21.9. The van der Waals surface area contributed by atoms with Crippen molar-refractivity contribution in [1.82, 2.24) is 24.5 Å². The zero-order valence-electron chi connectivity index (χ0n) is 15.1. The van der Waals surface area contributed by atoms with Crippen LogP contribution in [0.25, 0.3) is 0 Å². The highest BCUT2D eigenvalue weighted by atomic mass is 32.2. The van der Waals surface area contributed by atoms with E-state index in [2.05, 4.69) is 20.2 Å². The zero-order chi connectivity index (χ0) is 18.2. The first kappa shape index (κ1) is 18.3. The van der Waals surface area contributed by atoms with Gasteiger partial charge in [-0.25, -0.2) is 13.4 Å². The van der Waals surface area contributed by atoms with Gasteiger partial charge in [-0.05, 0) is 32.9 Å². The summed E-state index contributed by atoms with van der Waals surface area (Å²) in [6.07, 6.45) is 4.10. The van der Waals surface area contributed by atoms with Gasteiger partial charge in [0.15, 0.2) is 5.03 Å². The summed E-state index contributed by atoms with van der Waals surface area (Å²) in [5.74, 6) is 0.596. The molecule has 1 amide bonds. The number of fused-ring (bicyclic) bond motifs is 1. The van der Waals surface area contributed by atoms with Gasteiger partial charge in [-0.2, -0.15) is 4.31 Å². The van der Waals surface area contributed by atoms with Gasteiger partial charge < -0.3 is 15.2 Å². The lowest BCUT2D eigenvalue weighted by Crippen LogP contribution is -2.66. The Morgan fingerprint density at radius 2 is 2.20 bits per heavy atom. The summed E-state index contributed by atoms with van der Waals surface area (Å²) < 4.78 is 28.0. The molecule has 3 heterocycles. The molecule has 2 aliphatic rings. The molecule has 1 aromatic heterocycles. The number of aryl methyl sites for hydroxylation is 1. The molecule has 9 heteroatoms. The first-order valence-corrected chi connectivity index (χ1v) is 10.3. The predicted octanol–water partition coefficient (Wildman–Crippen LogP) is 0.193. The van der Waals surface area contributed by atoms with Crippen molar-refractivity contribution in [2.24, 2.45) is 5.41 Å². The van der Waals surface area contributed by atoms with Crippen LogP contribution in [0, 0.1) is 5.41 Å². The molecule has 1 aromatic rings. The number of aromatic nitrogens is 2. The van der Waals surface area contributed by atoms with Crippen LogP contribution in [-0.2, 0) is 21.2 Å². The zero-order valence-corrected chi connectivity index (χ0v) is 15.9. The second kappa shape index (κ2) is 6.69. The van der Waals surface area contributed by atoms with E-state index in [0.717, 1.165) is 13.0 Å². The number of hydrogen-bond acceptors (Lipinski definition) is 5. The van der Waals surface area contributed by atoms with Gasteiger partial charge in [0.25, 0.3) is 10.0 Å². The molecule has 2 aliphatic heterocycles. The third kappa shape index (κ3) is 2.98. The highest BCUT2D eigenvalue weighted by Crippen LogP contribution is 2.44. The number of carbonyl (C=O) groups is 1. The van der Waals surface area contributed by atoms with E-state index in [1.807, 2.05) is 14.0 Å². The molecular formula is C16H27N5O3S. The molecule has 0 spiro atoms. The Labute approximate surface area is 149 Å².